The van der Waals surface area contributed by atoms with E-state index in [0.717, 1.165) is 40.9 Å². The number of nitrogens with one attached hydrogen (secondary N) is 2. The molecule has 1 aromatic rings. The lowest BCUT2D eigenvalue weighted by molar-refractivity contribution is 0.615. The summed E-state index contributed by atoms with van der Waals surface area (Å²) in [5, 5.41) is 7.90. The monoisotopic (exact) mass is 327 g/mol. The Bertz CT molecular complexity index is 725. The highest BCUT2D eigenvalue weighted by atomic mass is 19.1. The lowest BCUT2D eigenvalue weighted by Gasteiger charge is -2.28. The van der Waals surface area contributed by atoms with Crippen LogP contribution in [-0.2, 0) is 0 Å². The van der Waals surface area contributed by atoms with E-state index in [9.17, 15) is 4.39 Å². The molecule has 2 N–H and O–H groups in total. The Morgan fingerprint density at radius 2 is 2.21 bits per heavy atom. The minimum absolute atomic E-state index is 0.246. The van der Waals surface area contributed by atoms with Gasteiger partial charge in [-0.05, 0) is 59.7 Å². The van der Waals surface area contributed by atoms with Crippen LogP contribution in [0.3, 0.4) is 0 Å². The molecule has 0 fully saturated rings. The lowest BCUT2D eigenvalue weighted by atomic mass is 9.82. The fourth-order valence-corrected chi connectivity index (χ4v) is 3.21. The van der Waals surface area contributed by atoms with Crippen molar-refractivity contribution in [1.29, 1.82) is 0 Å². The summed E-state index contributed by atoms with van der Waals surface area (Å²) >= 11 is 0. The van der Waals surface area contributed by atoms with Crippen molar-refractivity contribution in [3.8, 4) is 0 Å². The van der Waals surface area contributed by atoms with E-state index in [0.29, 0.717) is 12.5 Å². The van der Waals surface area contributed by atoms with Crippen molar-refractivity contribution in [2.45, 2.75) is 27.2 Å². The van der Waals surface area contributed by atoms with Crippen molar-refractivity contribution >= 4 is 17.4 Å². The molecule has 0 spiro atoms. The van der Waals surface area contributed by atoms with Crippen molar-refractivity contribution in [3.63, 3.8) is 0 Å². The van der Waals surface area contributed by atoms with E-state index >= 15 is 0 Å². The number of rotatable bonds is 5. The zero-order chi connectivity index (χ0) is 17.7. The average molecular weight is 327 g/mol. The molecule has 3 nitrogen and oxygen atoms in total. The quantitative estimate of drug-likeness (QED) is 0.635. The molecular weight excluding hydrogens is 301 g/mol. The van der Waals surface area contributed by atoms with Crippen molar-refractivity contribution in [3.05, 3.63) is 52.5 Å². The van der Waals surface area contributed by atoms with Crippen LogP contribution in [0.5, 0.6) is 0 Å². The Morgan fingerprint density at radius 3 is 2.83 bits per heavy atom. The predicted octanol–water partition coefficient (Wildman–Crippen LogP) is 3.91. The van der Waals surface area contributed by atoms with E-state index in [1.807, 2.05) is 6.92 Å². The normalized spacial score (nSPS) is 17.6. The standard InChI is InChI=1S/C20H26FN3/c1-6-8-15-10-16(21)9-14(4)19(15)20-17(13(3)7-2)11-23-12-18(20)24-22-5/h8-10,13,22-23H,1,7,11-12H2,2-5H3/b24-18-. The SMILES string of the molecule is C=C=Cc1cc(F)cc(C)c1C1=C(C(C)CC)CNC/C1=N/NC. The number of hydrogen-bond acceptors (Lipinski definition) is 3. The van der Waals surface area contributed by atoms with Gasteiger partial charge in [0.25, 0.3) is 0 Å². The molecule has 2 rings (SSSR count). The first kappa shape index (κ1) is 18.2. The first-order chi connectivity index (χ1) is 11.5. The average Bonchev–Trinajstić information content (AvgIpc) is 2.55. The molecule has 0 saturated heterocycles. The van der Waals surface area contributed by atoms with Gasteiger partial charge in [-0.25, -0.2) is 4.39 Å². The van der Waals surface area contributed by atoms with Gasteiger partial charge in [0.2, 0.25) is 0 Å². The minimum Gasteiger partial charge on any atom is -0.313 e. The fourth-order valence-electron chi connectivity index (χ4n) is 3.21. The zero-order valence-corrected chi connectivity index (χ0v) is 15.0. The van der Waals surface area contributed by atoms with E-state index in [1.54, 1.807) is 25.3 Å². The van der Waals surface area contributed by atoms with Gasteiger partial charge in [-0.2, -0.15) is 5.10 Å². The van der Waals surface area contributed by atoms with Crippen molar-refractivity contribution in [2.75, 3.05) is 20.1 Å². The Hall–Kier alpha value is -2.16. The molecule has 0 radical (unpaired) electrons. The summed E-state index contributed by atoms with van der Waals surface area (Å²) < 4.78 is 13.9. The number of nitrogens with zero attached hydrogens (tertiary/aromatic N) is 1. The largest absolute Gasteiger partial charge is 0.313 e. The molecule has 0 bridgehead atoms. The number of benzene rings is 1. The van der Waals surface area contributed by atoms with Gasteiger partial charge in [0.1, 0.15) is 5.82 Å². The Kier molecular flexibility index (Phi) is 6.13. The van der Waals surface area contributed by atoms with Crippen LogP contribution in [0.4, 0.5) is 4.39 Å². The lowest BCUT2D eigenvalue weighted by Crippen LogP contribution is -2.35. The highest BCUT2D eigenvalue weighted by Gasteiger charge is 2.26. The second kappa shape index (κ2) is 8.09. The summed E-state index contributed by atoms with van der Waals surface area (Å²) in [5.74, 6) is 0.171. The maximum Gasteiger partial charge on any atom is 0.124 e. The van der Waals surface area contributed by atoms with E-state index < -0.39 is 0 Å². The van der Waals surface area contributed by atoms with E-state index in [4.69, 9.17) is 0 Å². The number of hydrazone groups is 1. The van der Waals surface area contributed by atoms with Gasteiger partial charge >= 0.3 is 0 Å². The van der Waals surface area contributed by atoms with Crippen LogP contribution >= 0.6 is 0 Å². The van der Waals surface area contributed by atoms with Crippen LogP contribution in [-0.4, -0.2) is 25.8 Å². The van der Waals surface area contributed by atoms with Gasteiger partial charge < -0.3 is 10.7 Å². The number of hydrogen-bond donors (Lipinski definition) is 2. The maximum atomic E-state index is 13.9. The van der Waals surface area contributed by atoms with Crippen molar-refractivity contribution < 1.29 is 4.39 Å². The first-order valence-corrected chi connectivity index (χ1v) is 8.37. The molecule has 0 aromatic heterocycles. The third-order valence-electron chi connectivity index (χ3n) is 4.51. The second-order valence-corrected chi connectivity index (χ2v) is 6.13. The van der Waals surface area contributed by atoms with E-state index in [1.165, 1.54) is 5.57 Å². The van der Waals surface area contributed by atoms with Gasteiger partial charge in [0.05, 0.1) is 5.71 Å². The molecule has 1 heterocycles. The Morgan fingerprint density at radius 1 is 1.46 bits per heavy atom. The van der Waals surface area contributed by atoms with E-state index in [-0.39, 0.29) is 5.82 Å². The van der Waals surface area contributed by atoms with Crippen LogP contribution < -0.4 is 10.7 Å². The van der Waals surface area contributed by atoms with Crippen LogP contribution in [0, 0.1) is 18.7 Å². The number of halogens is 1. The maximum absolute atomic E-state index is 13.9. The molecule has 24 heavy (non-hydrogen) atoms. The van der Waals surface area contributed by atoms with Crippen LogP contribution in [0.2, 0.25) is 0 Å². The molecule has 0 saturated carbocycles. The Balaban J connectivity index is 2.83. The highest BCUT2D eigenvalue weighted by Crippen LogP contribution is 2.34. The molecule has 1 aliphatic rings. The van der Waals surface area contributed by atoms with Gasteiger partial charge in [0, 0.05) is 25.7 Å². The zero-order valence-electron chi connectivity index (χ0n) is 15.0. The van der Waals surface area contributed by atoms with Gasteiger partial charge in [-0.15, -0.1) is 5.73 Å². The first-order valence-electron chi connectivity index (χ1n) is 8.37. The summed E-state index contributed by atoms with van der Waals surface area (Å²) in [5.41, 5.74) is 11.8. The third-order valence-corrected chi connectivity index (χ3v) is 4.51. The Labute approximate surface area is 144 Å². The topological polar surface area (TPSA) is 36.4 Å². The molecule has 4 heteroatoms. The molecule has 0 aliphatic carbocycles. The number of aryl methyl sites for hydroxylation is 1. The summed E-state index contributed by atoms with van der Waals surface area (Å²) in [6.45, 7) is 11.5. The molecule has 1 unspecified atom stereocenters. The third kappa shape index (κ3) is 3.66. The highest BCUT2D eigenvalue weighted by molar-refractivity contribution is 6.27. The van der Waals surface area contributed by atoms with Gasteiger partial charge in [-0.3, -0.25) is 0 Å². The molecule has 1 atom stereocenters. The predicted molar refractivity (Wildman–Crippen MR) is 100 cm³/mol. The van der Waals surface area contributed by atoms with Crippen LogP contribution in [0.1, 0.15) is 37.0 Å². The summed E-state index contributed by atoms with van der Waals surface area (Å²) in [7, 11) is 1.80. The molecule has 1 aliphatic heterocycles. The minimum atomic E-state index is -0.246. The van der Waals surface area contributed by atoms with E-state index in [2.05, 4.69) is 42.0 Å². The molecule has 1 aromatic carbocycles. The van der Waals surface area contributed by atoms with Gasteiger partial charge in [0.15, 0.2) is 0 Å². The second-order valence-electron chi connectivity index (χ2n) is 6.13. The van der Waals surface area contributed by atoms with Gasteiger partial charge in [-0.1, -0.05) is 20.4 Å². The summed E-state index contributed by atoms with van der Waals surface area (Å²) in [6.07, 6.45) is 2.78. The van der Waals surface area contributed by atoms with Crippen molar-refractivity contribution in [2.24, 2.45) is 11.0 Å². The summed E-state index contributed by atoms with van der Waals surface area (Å²) in [6, 6.07) is 3.12. The smallest absolute Gasteiger partial charge is 0.124 e. The van der Waals surface area contributed by atoms with Crippen molar-refractivity contribution in [1.82, 2.24) is 10.7 Å². The molecular formula is C20H26FN3. The van der Waals surface area contributed by atoms with Crippen LogP contribution in [0.25, 0.3) is 11.6 Å². The van der Waals surface area contributed by atoms with Crippen LogP contribution in [0.15, 0.2) is 35.1 Å². The molecule has 0 amide bonds. The fraction of sp³-hybridized carbons (Fsp3) is 0.400. The summed E-state index contributed by atoms with van der Waals surface area (Å²) in [4.78, 5) is 0. The molecule has 128 valence electrons.